The topological polar surface area (TPSA) is 102 Å². The van der Waals surface area contributed by atoms with Crippen LogP contribution in [0.25, 0.3) is 10.9 Å². The molecule has 0 aliphatic carbocycles. The summed E-state index contributed by atoms with van der Waals surface area (Å²) in [6, 6.07) is 23.0. The number of nitrogens with zero attached hydrogens (tertiary/aromatic N) is 1. The molecule has 1 aromatic heterocycles. The third kappa shape index (κ3) is 6.14. The summed E-state index contributed by atoms with van der Waals surface area (Å²) in [5.41, 5.74) is 2.37. The first kappa shape index (κ1) is 29.7. The van der Waals surface area contributed by atoms with Crippen LogP contribution in [0.1, 0.15) is 28.5 Å². The molecule has 0 fully saturated rings. The summed E-state index contributed by atoms with van der Waals surface area (Å²) >= 11 is 12.9. The summed E-state index contributed by atoms with van der Waals surface area (Å²) < 4.78 is 54.7. The maximum Gasteiger partial charge on any atom is 0.354 e. The highest BCUT2D eigenvalue weighted by Crippen LogP contribution is 2.38. The second-order valence-corrected chi connectivity index (χ2v) is 12.1. The van der Waals surface area contributed by atoms with E-state index in [0.717, 1.165) is 16.5 Å². The van der Waals surface area contributed by atoms with E-state index in [1.54, 1.807) is 61.5 Å². The van der Waals surface area contributed by atoms with Crippen molar-refractivity contribution < 1.29 is 36.3 Å². The van der Waals surface area contributed by atoms with E-state index in [9.17, 15) is 13.2 Å². The van der Waals surface area contributed by atoms with Crippen molar-refractivity contribution in [2.75, 3.05) is 13.4 Å². The smallest absolute Gasteiger partial charge is 0.354 e. The van der Waals surface area contributed by atoms with Crippen molar-refractivity contribution in [2.24, 2.45) is 0 Å². The fraction of sp³-hybridized carbons (Fsp3) is 0.156. The number of rotatable bonds is 10. The summed E-state index contributed by atoms with van der Waals surface area (Å²) in [5, 5.41) is 1.59. The van der Waals surface area contributed by atoms with Crippen LogP contribution < -0.4 is 18.4 Å². The van der Waals surface area contributed by atoms with Crippen LogP contribution in [0.4, 0.5) is 0 Å². The van der Waals surface area contributed by atoms with Crippen LogP contribution in [0, 0.1) is 0 Å². The molecule has 0 bridgehead atoms. The van der Waals surface area contributed by atoms with E-state index in [4.69, 9.17) is 46.3 Å². The molecule has 0 spiro atoms. The Morgan fingerprint density at radius 2 is 1.61 bits per heavy atom. The summed E-state index contributed by atoms with van der Waals surface area (Å²) in [6.07, 6.45) is 0. The van der Waals surface area contributed by atoms with Gasteiger partial charge in [0.2, 0.25) is 6.79 Å². The van der Waals surface area contributed by atoms with Crippen molar-refractivity contribution in [2.45, 2.75) is 25.0 Å². The van der Waals surface area contributed by atoms with Crippen LogP contribution >= 0.6 is 23.2 Å². The largest absolute Gasteiger partial charge is 0.489 e. The Kier molecular flexibility index (Phi) is 8.31. The van der Waals surface area contributed by atoms with Gasteiger partial charge in [-0.05, 0) is 73.2 Å². The average molecular weight is 655 g/mol. The first-order valence-corrected chi connectivity index (χ1v) is 15.7. The second-order valence-electron chi connectivity index (χ2n) is 9.75. The van der Waals surface area contributed by atoms with Gasteiger partial charge >= 0.3 is 16.1 Å². The molecule has 1 aliphatic rings. The van der Waals surface area contributed by atoms with Crippen molar-refractivity contribution in [1.82, 2.24) is 4.57 Å². The molecule has 4 aromatic carbocycles. The molecule has 44 heavy (non-hydrogen) atoms. The number of carbonyl (C=O) groups is 1. The average Bonchev–Trinajstić information content (AvgIpc) is 3.62. The van der Waals surface area contributed by atoms with Gasteiger partial charge in [-0.2, -0.15) is 8.42 Å². The van der Waals surface area contributed by atoms with E-state index in [1.807, 2.05) is 10.6 Å². The van der Waals surface area contributed by atoms with Crippen LogP contribution in [-0.4, -0.2) is 32.4 Å². The van der Waals surface area contributed by atoms with Crippen molar-refractivity contribution in [3.8, 4) is 23.0 Å². The number of aromatic nitrogens is 1. The predicted molar refractivity (Wildman–Crippen MR) is 165 cm³/mol. The van der Waals surface area contributed by atoms with Gasteiger partial charge in [-0.25, -0.2) is 4.79 Å². The molecule has 2 heterocycles. The minimum Gasteiger partial charge on any atom is -0.489 e. The molecule has 9 nitrogen and oxygen atoms in total. The zero-order valence-corrected chi connectivity index (χ0v) is 25.6. The first-order valence-electron chi connectivity index (χ1n) is 13.5. The lowest BCUT2D eigenvalue weighted by Crippen LogP contribution is -2.13. The molecule has 0 amide bonds. The van der Waals surface area contributed by atoms with E-state index in [1.165, 1.54) is 24.3 Å². The lowest BCUT2D eigenvalue weighted by atomic mass is 10.2. The van der Waals surface area contributed by atoms with Crippen LogP contribution in [-0.2, 0) is 28.0 Å². The second kappa shape index (κ2) is 12.3. The Labute approximate surface area is 263 Å². The minimum atomic E-state index is -4.02. The van der Waals surface area contributed by atoms with E-state index in [2.05, 4.69) is 0 Å². The number of esters is 1. The van der Waals surface area contributed by atoms with Gasteiger partial charge in [0.25, 0.3) is 0 Å². The molecule has 226 valence electrons. The third-order valence-electron chi connectivity index (χ3n) is 6.88. The SMILES string of the molecule is CCOC(=O)c1cc2cc(OCc3cc(OS(=O)(=O)c4ccccc4)ccc3Cl)ccc2n1Cc1cc2c(cc1Cl)OCO2. The van der Waals surface area contributed by atoms with Crippen molar-refractivity contribution in [3.05, 3.63) is 112 Å². The fourth-order valence-electron chi connectivity index (χ4n) is 4.77. The number of ether oxygens (including phenoxy) is 4. The standard InChI is InChI=1S/C32H25Cl2NO8S/c1-2-39-32(36)29-14-20-12-23(9-11-28(20)35(29)17-21-15-30-31(16-27(21)34)42-19-41-30)40-18-22-13-24(8-10-26(22)33)43-44(37,38)25-6-4-3-5-7-25/h3-16H,2,17-19H2,1H3. The quantitative estimate of drug-likeness (QED) is 0.115. The first-order chi connectivity index (χ1) is 21.2. The van der Waals surface area contributed by atoms with Crippen LogP contribution in [0.3, 0.4) is 0 Å². The highest BCUT2D eigenvalue weighted by Gasteiger charge is 2.22. The molecule has 0 N–H and O–H groups in total. The Bertz CT molecular complexity index is 1980. The number of fused-ring (bicyclic) bond motifs is 2. The summed E-state index contributed by atoms with van der Waals surface area (Å²) in [5.74, 6) is 1.28. The van der Waals surface area contributed by atoms with Gasteiger partial charge in [0.1, 0.15) is 28.7 Å². The Morgan fingerprint density at radius 1 is 0.864 bits per heavy atom. The summed E-state index contributed by atoms with van der Waals surface area (Å²) in [6.45, 7) is 2.39. The van der Waals surface area contributed by atoms with Crippen LogP contribution in [0.15, 0.2) is 89.8 Å². The van der Waals surface area contributed by atoms with E-state index in [0.29, 0.717) is 38.6 Å². The van der Waals surface area contributed by atoms with Gasteiger partial charge in [0.15, 0.2) is 11.5 Å². The van der Waals surface area contributed by atoms with Crippen LogP contribution in [0.5, 0.6) is 23.0 Å². The van der Waals surface area contributed by atoms with Gasteiger partial charge in [0, 0.05) is 32.6 Å². The van der Waals surface area contributed by atoms with Crippen molar-refractivity contribution in [1.29, 1.82) is 0 Å². The van der Waals surface area contributed by atoms with E-state index < -0.39 is 16.1 Å². The normalized spacial score (nSPS) is 12.3. The summed E-state index contributed by atoms with van der Waals surface area (Å²) in [4.78, 5) is 13.0. The maximum absolute atomic E-state index is 12.9. The highest BCUT2D eigenvalue weighted by molar-refractivity contribution is 7.87. The Balaban J connectivity index is 1.25. The predicted octanol–water partition coefficient (Wildman–Crippen LogP) is 7.25. The molecule has 6 rings (SSSR count). The zero-order chi connectivity index (χ0) is 30.8. The van der Waals surface area contributed by atoms with Crippen LogP contribution in [0.2, 0.25) is 10.0 Å². The molecular formula is C32H25Cl2NO8S. The number of halogens is 2. The monoisotopic (exact) mass is 653 g/mol. The van der Waals surface area contributed by atoms with Gasteiger partial charge in [-0.3, -0.25) is 0 Å². The van der Waals surface area contributed by atoms with Gasteiger partial charge in [0.05, 0.1) is 13.2 Å². The molecule has 0 unspecified atom stereocenters. The maximum atomic E-state index is 12.9. The van der Waals surface area contributed by atoms with Crippen molar-refractivity contribution >= 4 is 50.2 Å². The highest BCUT2D eigenvalue weighted by atomic mass is 35.5. The minimum absolute atomic E-state index is 0.0329. The fourth-order valence-corrected chi connectivity index (χ4v) is 6.10. The molecule has 12 heteroatoms. The molecule has 0 radical (unpaired) electrons. The van der Waals surface area contributed by atoms with E-state index >= 15 is 0 Å². The van der Waals surface area contributed by atoms with Gasteiger partial charge < -0.3 is 27.7 Å². The molecule has 0 saturated heterocycles. The number of carbonyl (C=O) groups excluding carboxylic acids is 1. The Morgan fingerprint density at radius 3 is 2.39 bits per heavy atom. The third-order valence-corrected chi connectivity index (χ3v) is 8.86. The number of benzene rings is 4. The lowest BCUT2D eigenvalue weighted by Gasteiger charge is -2.13. The Hall–Kier alpha value is -4.38. The summed E-state index contributed by atoms with van der Waals surface area (Å²) in [7, 11) is -4.02. The van der Waals surface area contributed by atoms with Gasteiger partial charge in [-0.15, -0.1) is 0 Å². The molecule has 1 aliphatic heterocycles. The van der Waals surface area contributed by atoms with E-state index in [-0.39, 0.29) is 37.2 Å². The van der Waals surface area contributed by atoms with Gasteiger partial charge in [-0.1, -0.05) is 41.4 Å². The number of hydrogen-bond acceptors (Lipinski definition) is 8. The lowest BCUT2D eigenvalue weighted by molar-refractivity contribution is 0.0515. The number of hydrogen-bond donors (Lipinski definition) is 0. The molecule has 0 atom stereocenters. The molecule has 5 aromatic rings. The molecular weight excluding hydrogens is 629 g/mol. The zero-order valence-electron chi connectivity index (χ0n) is 23.3. The van der Waals surface area contributed by atoms with Crippen molar-refractivity contribution in [3.63, 3.8) is 0 Å². The molecule has 0 saturated carbocycles.